The zero-order chi connectivity index (χ0) is 16.7. The Morgan fingerprint density at radius 2 is 2.04 bits per heavy atom. The van der Waals surface area contributed by atoms with Crippen molar-refractivity contribution in [3.63, 3.8) is 0 Å². The minimum absolute atomic E-state index is 0.340. The first-order valence-electron chi connectivity index (χ1n) is 7.54. The Morgan fingerprint density at radius 1 is 1.21 bits per heavy atom. The zero-order valence-electron chi connectivity index (χ0n) is 13.3. The van der Waals surface area contributed by atoms with Gasteiger partial charge in [0.25, 0.3) is 5.78 Å². The number of para-hydroxylation sites is 2. The maximum atomic E-state index is 11.9. The van der Waals surface area contributed by atoms with Gasteiger partial charge in [-0.3, -0.25) is 4.57 Å². The predicted octanol–water partition coefficient (Wildman–Crippen LogP) is 2.44. The van der Waals surface area contributed by atoms with E-state index >= 15 is 0 Å². The van der Waals surface area contributed by atoms with E-state index in [0.717, 1.165) is 16.9 Å². The first-order chi connectivity index (χ1) is 11.6. The van der Waals surface area contributed by atoms with Crippen molar-refractivity contribution in [2.45, 2.75) is 25.5 Å². The summed E-state index contributed by atoms with van der Waals surface area (Å²) in [6, 6.07) is 9.38. The second-order valence-electron chi connectivity index (χ2n) is 5.48. The lowest BCUT2D eigenvalue weighted by Crippen LogP contribution is -2.15. The van der Waals surface area contributed by atoms with Crippen molar-refractivity contribution in [3.8, 4) is 0 Å². The van der Waals surface area contributed by atoms with Gasteiger partial charge in [-0.1, -0.05) is 23.9 Å². The third-order valence-electron chi connectivity index (χ3n) is 3.72. The smallest absolute Gasteiger partial charge is 0.408 e. The lowest BCUT2D eigenvalue weighted by molar-refractivity contribution is 0.514. The van der Waals surface area contributed by atoms with E-state index in [1.165, 1.54) is 11.8 Å². The Morgan fingerprint density at radius 3 is 2.92 bits per heavy atom. The standard InChI is InChI=1S/C16H15N5O2S/c1-10-9-11(2)21-14(17-10)18-15(19-21)24-8-7-20-12-5-3-4-6-13(12)23-16(20)22/h3-6,9H,7-8H2,1-2H3. The van der Waals surface area contributed by atoms with Gasteiger partial charge in [-0.25, -0.2) is 14.3 Å². The molecule has 0 saturated carbocycles. The summed E-state index contributed by atoms with van der Waals surface area (Å²) in [5.41, 5.74) is 3.32. The summed E-state index contributed by atoms with van der Waals surface area (Å²) in [6.07, 6.45) is 0. The molecule has 122 valence electrons. The highest BCUT2D eigenvalue weighted by Crippen LogP contribution is 2.17. The minimum Gasteiger partial charge on any atom is -0.408 e. The zero-order valence-corrected chi connectivity index (χ0v) is 14.1. The van der Waals surface area contributed by atoms with Crippen molar-refractivity contribution in [3.05, 3.63) is 52.3 Å². The topological polar surface area (TPSA) is 78.2 Å². The molecule has 0 amide bonds. The number of hydrogen-bond acceptors (Lipinski definition) is 6. The number of oxazole rings is 1. The molecule has 3 aromatic heterocycles. The fraction of sp³-hybridized carbons (Fsp3) is 0.250. The highest BCUT2D eigenvalue weighted by atomic mass is 32.2. The SMILES string of the molecule is Cc1cc(C)n2nc(SCCn3c(=O)oc4ccccc43)nc2n1. The monoisotopic (exact) mass is 341 g/mol. The Bertz CT molecular complexity index is 1090. The van der Waals surface area contributed by atoms with E-state index in [1.807, 2.05) is 38.1 Å². The molecule has 24 heavy (non-hydrogen) atoms. The Hall–Kier alpha value is -2.61. The lowest BCUT2D eigenvalue weighted by atomic mass is 10.3. The van der Waals surface area contributed by atoms with E-state index in [0.29, 0.717) is 28.8 Å². The second kappa shape index (κ2) is 5.79. The van der Waals surface area contributed by atoms with E-state index in [-0.39, 0.29) is 5.76 Å². The fourth-order valence-electron chi connectivity index (χ4n) is 2.66. The summed E-state index contributed by atoms with van der Waals surface area (Å²) in [6.45, 7) is 4.44. The minimum atomic E-state index is -0.340. The van der Waals surface area contributed by atoms with Gasteiger partial charge in [-0.2, -0.15) is 4.98 Å². The Kier molecular flexibility index (Phi) is 3.61. The molecule has 0 radical (unpaired) electrons. The molecule has 0 aliphatic carbocycles. The highest BCUT2D eigenvalue weighted by molar-refractivity contribution is 7.99. The molecule has 7 nitrogen and oxygen atoms in total. The molecule has 3 heterocycles. The van der Waals surface area contributed by atoms with Gasteiger partial charge in [0, 0.05) is 23.7 Å². The number of thioether (sulfide) groups is 1. The number of aryl methyl sites for hydroxylation is 3. The summed E-state index contributed by atoms with van der Waals surface area (Å²) in [4.78, 5) is 20.8. The van der Waals surface area contributed by atoms with Crippen molar-refractivity contribution in [1.82, 2.24) is 24.1 Å². The molecule has 0 unspecified atom stereocenters. The first-order valence-corrected chi connectivity index (χ1v) is 8.52. The number of hydrogen-bond donors (Lipinski definition) is 0. The number of rotatable bonds is 4. The van der Waals surface area contributed by atoms with E-state index < -0.39 is 0 Å². The Labute approximate surface area is 141 Å². The van der Waals surface area contributed by atoms with Crippen molar-refractivity contribution < 1.29 is 4.42 Å². The predicted molar refractivity (Wildman–Crippen MR) is 91.5 cm³/mol. The normalized spacial score (nSPS) is 11.6. The van der Waals surface area contributed by atoms with Gasteiger partial charge in [0.05, 0.1) is 5.52 Å². The van der Waals surface area contributed by atoms with Crippen LogP contribution < -0.4 is 5.76 Å². The van der Waals surface area contributed by atoms with Crippen LogP contribution in [0.1, 0.15) is 11.4 Å². The van der Waals surface area contributed by atoms with Crippen molar-refractivity contribution in [2.75, 3.05) is 5.75 Å². The van der Waals surface area contributed by atoms with Gasteiger partial charge in [0.15, 0.2) is 5.58 Å². The van der Waals surface area contributed by atoms with E-state index in [9.17, 15) is 4.79 Å². The van der Waals surface area contributed by atoms with Crippen LogP contribution in [0.25, 0.3) is 16.9 Å². The van der Waals surface area contributed by atoms with Crippen LogP contribution in [0.4, 0.5) is 0 Å². The van der Waals surface area contributed by atoms with Crippen LogP contribution in [0, 0.1) is 13.8 Å². The quantitative estimate of drug-likeness (QED) is 0.531. The van der Waals surface area contributed by atoms with Crippen LogP contribution >= 0.6 is 11.8 Å². The average molecular weight is 341 g/mol. The molecule has 0 atom stereocenters. The van der Waals surface area contributed by atoms with Gasteiger partial charge >= 0.3 is 5.76 Å². The summed E-state index contributed by atoms with van der Waals surface area (Å²) in [5, 5.41) is 5.10. The summed E-state index contributed by atoms with van der Waals surface area (Å²) < 4.78 is 8.59. The van der Waals surface area contributed by atoms with Crippen LogP contribution in [0.3, 0.4) is 0 Å². The number of benzene rings is 1. The van der Waals surface area contributed by atoms with Gasteiger partial charge < -0.3 is 4.42 Å². The fourth-order valence-corrected chi connectivity index (χ4v) is 3.41. The molecule has 0 bridgehead atoms. The maximum absolute atomic E-state index is 11.9. The largest absolute Gasteiger partial charge is 0.419 e. The van der Waals surface area contributed by atoms with E-state index in [1.54, 1.807) is 15.1 Å². The van der Waals surface area contributed by atoms with Crippen LogP contribution in [-0.2, 0) is 6.54 Å². The average Bonchev–Trinajstić information content (AvgIpc) is 3.08. The third kappa shape index (κ3) is 2.58. The van der Waals surface area contributed by atoms with Crippen molar-refractivity contribution >= 4 is 28.6 Å². The molecule has 1 aromatic carbocycles. The molecule has 8 heteroatoms. The third-order valence-corrected chi connectivity index (χ3v) is 4.54. The summed E-state index contributed by atoms with van der Waals surface area (Å²) in [5.74, 6) is 0.923. The highest BCUT2D eigenvalue weighted by Gasteiger charge is 2.11. The van der Waals surface area contributed by atoms with Crippen molar-refractivity contribution in [2.24, 2.45) is 0 Å². The van der Waals surface area contributed by atoms with Crippen molar-refractivity contribution in [1.29, 1.82) is 0 Å². The van der Waals surface area contributed by atoms with Gasteiger partial charge in [-0.15, -0.1) is 5.10 Å². The molecule has 0 N–H and O–H groups in total. The van der Waals surface area contributed by atoms with E-state index in [2.05, 4.69) is 15.1 Å². The van der Waals surface area contributed by atoms with Gasteiger partial charge in [0.1, 0.15) is 0 Å². The Balaban J connectivity index is 1.54. The second-order valence-corrected chi connectivity index (χ2v) is 6.54. The molecule has 4 rings (SSSR count). The molecule has 0 fully saturated rings. The summed E-state index contributed by atoms with van der Waals surface area (Å²) >= 11 is 1.49. The lowest BCUT2D eigenvalue weighted by Gasteiger charge is -2.00. The molecule has 0 aliphatic heterocycles. The van der Waals surface area contributed by atoms with Crippen LogP contribution in [0.15, 0.2) is 44.7 Å². The molecular formula is C16H15N5O2S. The molecule has 0 spiro atoms. The number of aromatic nitrogens is 5. The van der Waals surface area contributed by atoms with Crippen LogP contribution in [-0.4, -0.2) is 29.9 Å². The molecular weight excluding hydrogens is 326 g/mol. The molecule has 0 saturated heterocycles. The van der Waals surface area contributed by atoms with Crippen LogP contribution in [0.2, 0.25) is 0 Å². The van der Waals surface area contributed by atoms with E-state index in [4.69, 9.17) is 4.42 Å². The first kappa shape index (κ1) is 14.9. The molecule has 0 aliphatic rings. The summed E-state index contributed by atoms with van der Waals surface area (Å²) in [7, 11) is 0. The van der Waals surface area contributed by atoms with Gasteiger partial charge in [-0.05, 0) is 32.0 Å². The number of fused-ring (bicyclic) bond motifs is 2. The van der Waals surface area contributed by atoms with Gasteiger partial charge in [0.2, 0.25) is 5.16 Å². The molecule has 4 aromatic rings. The number of nitrogens with zero attached hydrogens (tertiary/aromatic N) is 5. The maximum Gasteiger partial charge on any atom is 0.419 e. The van der Waals surface area contributed by atoms with Crippen LogP contribution in [0.5, 0.6) is 0 Å².